The standard InChI is InChI=1S/C11H13N/c1-3-11(12-2)10-8-6-4-5-7-9-10/h3-8H,1,9H2,2H3. The molecule has 0 fully saturated rings. The Balaban J connectivity index is 2.87. The van der Waals surface area contributed by atoms with Crippen molar-refractivity contribution in [3.05, 3.63) is 48.6 Å². The van der Waals surface area contributed by atoms with Crippen LogP contribution >= 0.6 is 0 Å². The van der Waals surface area contributed by atoms with Crippen molar-refractivity contribution < 1.29 is 0 Å². The van der Waals surface area contributed by atoms with Gasteiger partial charge in [-0.25, -0.2) is 0 Å². The number of nitrogens with zero attached hydrogens (tertiary/aromatic N) is 1. The maximum Gasteiger partial charge on any atom is 0.0600 e. The Hall–Kier alpha value is -1.37. The molecule has 0 aromatic heterocycles. The summed E-state index contributed by atoms with van der Waals surface area (Å²) >= 11 is 0. The number of rotatable bonds is 2. The van der Waals surface area contributed by atoms with Crippen LogP contribution in [0.3, 0.4) is 0 Å². The van der Waals surface area contributed by atoms with E-state index in [9.17, 15) is 0 Å². The molecule has 1 aliphatic carbocycles. The summed E-state index contributed by atoms with van der Waals surface area (Å²) in [4.78, 5) is 4.13. The molecule has 0 aromatic rings. The van der Waals surface area contributed by atoms with Crippen molar-refractivity contribution >= 4 is 5.71 Å². The van der Waals surface area contributed by atoms with E-state index in [1.807, 2.05) is 18.2 Å². The van der Waals surface area contributed by atoms with E-state index in [-0.39, 0.29) is 0 Å². The second kappa shape index (κ2) is 4.50. The van der Waals surface area contributed by atoms with Crippen molar-refractivity contribution in [2.24, 2.45) is 4.99 Å². The first-order valence-corrected chi connectivity index (χ1v) is 4.00. The molecule has 0 saturated heterocycles. The third kappa shape index (κ3) is 2.06. The average Bonchev–Trinajstić information content (AvgIpc) is 2.35. The van der Waals surface area contributed by atoms with Gasteiger partial charge >= 0.3 is 0 Å². The number of hydrogen-bond donors (Lipinski definition) is 0. The molecule has 12 heavy (non-hydrogen) atoms. The lowest BCUT2D eigenvalue weighted by molar-refractivity contribution is 1.30. The lowest BCUT2D eigenvalue weighted by atomic mass is 10.1. The van der Waals surface area contributed by atoms with Crippen LogP contribution in [0.25, 0.3) is 0 Å². The molecule has 0 heterocycles. The molecule has 0 N–H and O–H groups in total. The highest BCUT2D eigenvalue weighted by Gasteiger charge is 1.99. The van der Waals surface area contributed by atoms with Gasteiger partial charge in [-0.15, -0.1) is 0 Å². The summed E-state index contributed by atoms with van der Waals surface area (Å²) in [6, 6.07) is 0. The quantitative estimate of drug-likeness (QED) is 0.549. The minimum absolute atomic E-state index is 0.936. The van der Waals surface area contributed by atoms with Crippen molar-refractivity contribution in [3.63, 3.8) is 0 Å². The van der Waals surface area contributed by atoms with Crippen molar-refractivity contribution in [2.45, 2.75) is 6.42 Å². The normalized spacial score (nSPS) is 17.1. The Bertz CT molecular complexity index is 277. The Morgan fingerprint density at radius 3 is 3.00 bits per heavy atom. The van der Waals surface area contributed by atoms with Gasteiger partial charge in [-0.2, -0.15) is 0 Å². The van der Waals surface area contributed by atoms with E-state index in [1.54, 1.807) is 13.1 Å². The van der Waals surface area contributed by atoms with Gasteiger partial charge in [0.15, 0.2) is 0 Å². The van der Waals surface area contributed by atoms with Crippen LogP contribution in [-0.4, -0.2) is 12.8 Å². The summed E-state index contributed by atoms with van der Waals surface area (Å²) in [5.41, 5.74) is 2.20. The molecule has 0 unspecified atom stereocenters. The Labute approximate surface area is 73.5 Å². The van der Waals surface area contributed by atoms with Crippen molar-refractivity contribution in [3.8, 4) is 0 Å². The molecule has 1 nitrogen and oxygen atoms in total. The smallest absolute Gasteiger partial charge is 0.0600 e. The summed E-state index contributed by atoms with van der Waals surface area (Å²) in [5.74, 6) is 0. The van der Waals surface area contributed by atoms with E-state index in [0.29, 0.717) is 0 Å². The first-order valence-electron chi connectivity index (χ1n) is 4.00. The van der Waals surface area contributed by atoms with Gasteiger partial charge in [-0.3, -0.25) is 4.99 Å². The van der Waals surface area contributed by atoms with Crippen LogP contribution < -0.4 is 0 Å². The van der Waals surface area contributed by atoms with Crippen LogP contribution in [0.1, 0.15) is 6.42 Å². The molecular weight excluding hydrogens is 146 g/mol. The van der Waals surface area contributed by atoms with Crippen LogP contribution in [0, 0.1) is 0 Å². The minimum atomic E-state index is 0.936. The Kier molecular flexibility index (Phi) is 3.27. The van der Waals surface area contributed by atoms with E-state index in [2.05, 4.69) is 23.7 Å². The highest BCUT2D eigenvalue weighted by atomic mass is 14.7. The molecule has 0 saturated carbocycles. The highest BCUT2D eigenvalue weighted by molar-refractivity contribution is 6.08. The lowest BCUT2D eigenvalue weighted by Crippen LogP contribution is -1.97. The molecule has 0 spiro atoms. The molecule has 1 aliphatic rings. The van der Waals surface area contributed by atoms with E-state index < -0.39 is 0 Å². The average molecular weight is 159 g/mol. The number of hydrogen-bond acceptors (Lipinski definition) is 1. The molecule has 1 heteroatoms. The Morgan fingerprint density at radius 1 is 1.50 bits per heavy atom. The minimum Gasteiger partial charge on any atom is -0.288 e. The van der Waals surface area contributed by atoms with Crippen molar-refractivity contribution in [1.29, 1.82) is 0 Å². The Morgan fingerprint density at radius 2 is 2.33 bits per heavy atom. The predicted octanol–water partition coefficient (Wildman–Crippen LogP) is 2.69. The first kappa shape index (κ1) is 8.72. The second-order valence-electron chi connectivity index (χ2n) is 2.52. The van der Waals surface area contributed by atoms with Crippen LogP contribution in [0.15, 0.2) is 53.6 Å². The second-order valence-corrected chi connectivity index (χ2v) is 2.52. The number of aliphatic imine (C=N–C) groups is 1. The first-order chi connectivity index (χ1) is 5.88. The molecular formula is C11H13N. The summed E-state index contributed by atoms with van der Waals surface area (Å²) in [6.45, 7) is 3.72. The van der Waals surface area contributed by atoms with Crippen LogP contribution in [0.5, 0.6) is 0 Å². The summed E-state index contributed by atoms with van der Waals surface area (Å²) < 4.78 is 0. The van der Waals surface area contributed by atoms with E-state index in [4.69, 9.17) is 0 Å². The molecule has 0 aliphatic heterocycles. The topological polar surface area (TPSA) is 12.4 Å². The van der Waals surface area contributed by atoms with Gasteiger partial charge in [0.25, 0.3) is 0 Å². The largest absolute Gasteiger partial charge is 0.288 e. The zero-order valence-electron chi connectivity index (χ0n) is 7.33. The van der Waals surface area contributed by atoms with E-state index in [1.165, 1.54) is 5.57 Å². The lowest BCUT2D eigenvalue weighted by Gasteiger charge is -2.01. The van der Waals surface area contributed by atoms with Gasteiger partial charge in [-0.1, -0.05) is 37.0 Å². The maximum absolute atomic E-state index is 4.13. The fraction of sp³-hybridized carbons (Fsp3) is 0.182. The van der Waals surface area contributed by atoms with Crippen molar-refractivity contribution in [1.82, 2.24) is 0 Å². The summed E-state index contributed by atoms with van der Waals surface area (Å²) in [7, 11) is 1.79. The predicted molar refractivity (Wildman–Crippen MR) is 54.5 cm³/mol. The van der Waals surface area contributed by atoms with E-state index >= 15 is 0 Å². The third-order valence-corrected chi connectivity index (χ3v) is 1.76. The molecule has 0 atom stereocenters. The zero-order chi connectivity index (χ0) is 8.81. The maximum atomic E-state index is 4.13. The third-order valence-electron chi connectivity index (χ3n) is 1.76. The van der Waals surface area contributed by atoms with Crippen molar-refractivity contribution in [2.75, 3.05) is 7.05 Å². The van der Waals surface area contributed by atoms with Crippen LogP contribution in [-0.2, 0) is 0 Å². The molecule has 1 rings (SSSR count). The van der Waals surface area contributed by atoms with Gasteiger partial charge in [0.2, 0.25) is 0 Å². The zero-order valence-corrected chi connectivity index (χ0v) is 7.33. The van der Waals surface area contributed by atoms with Gasteiger partial charge in [-0.05, 0) is 18.1 Å². The SMILES string of the molecule is C=CC(=NC)C1=CC=CC=CC1. The van der Waals surface area contributed by atoms with Crippen LogP contribution in [0.4, 0.5) is 0 Å². The van der Waals surface area contributed by atoms with Crippen LogP contribution in [0.2, 0.25) is 0 Å². The molecule has 0 radical (unpaired) electrons. The molecule has 0 amide bonds. The van der Waals surface area contributed by atoms with Gasteiger partial charge in [0.05, 0.1) is 5.71 Å². The molecule has 0 bridgehead atoms. The number of allylic oxidation sites excluding steroid dienone is 7. The van der Waals surface area contributed by atoms with Gasteiger partial charge in [0.1, 0.15) is 0 Å². The summed E-state index contributed by atoms with van der Waals surface area (Å²) in [6.07, 6.45) is 13.0. The monoisotopic (exact) mass is 159 g/mol. The molecule has 62 valence electrons. The van der Waals surface area contributed by atoms with E-state index in [0.717, 1.165) is 12.1 Å². The summed E-state index contributed by atoms with van der Waals surface area (Å²) in [5, 5.41) is 0. The fourth-order valence-electron chi connectivity index (χ4n) is 1.13. The van der Waals surface area contributed by atoms with Gasteiger partial charge < -0.3 is 0 Å². The van der Waals surface area contributed by atoms with Gasteiger partial charge in [0, 0.05) is 7.05 Å². The highest BCUT2D eigenvalue weighted by Crippen LogP contribution is 2.09. The molecule has 0 aromatic carbocycles. The fourth-order valence-corrected chi connectivity index (χ4v) is 1.13.